The van der Waals surface area contributed by atoms with Crippen LogP contribution in [-0.4, -0.2) is 10.3 Å². The number of hydrogen-bond acceptors (Lipinski definition) is 2. The summed E-state index contributed by atoms with van der Waals surface area (Å²) < 4.78 is 1.86. The fourth-order valence-electron chi connectivity index (χ4n) is 0.587. The lowest BCUT2D eigenvalue weighted by molar-refractivity contribution is 0.555. The van der Waals surface area contributed by atoms with Crippen LogP contribution >= 0.6 is 12.8 Å². The fraction of sp³-hybridized carbons (Fsp3) is 0.500. The van der Waals surface area contributed by atoms with Gasteiger partial charge in [0.2, 0.25) is 0 Å². The second kappa shape index (κ2) is 5.42. The summed E-state index contributed by atoms with van der Waals surface area (Å²) in [6, 6.07) is 0.434. The van der Waals surface area contributed by atoms with Crippen molar-refractivity contribution < 1.29 is 0 Å². The summed E-state index contributed by atoms with van der Waals surface area (Å²) in [5.74, 6) is 0. The van der Waals surface area contributed by atoms with Gasteiger partial charge in [0.15, 0.2) is 0 Å². The van der Waals surface area contributed by atoms with Gasteiger partial charge in [-0.2, -0.15) is 0 Å². The largest absolute Gasteiger partial charge is 0.319 e. The molecule has 0 N–H and O–H groups in total. The van der Waals surface area contributed by atoms with Crippen molar-refractivity contribution in [2.75, 3.05) is 0 Å². The summed E-state index contributed by atoms with van der Waals surface area (Å²) in [4.78, 5) is 0. The lowest BCUT2D eigenvalue weighted by Crippen LogP contribution is -2.17. The van der Waals surface area contributed by atoms with Gasteiger partial charge in [-0.15, -0.1) is 0 Å². The van der Waals surface area contributed by atoms with E-state index in [9.17, 15) is 0 Å². The molecule has 1 atom stereocenters. The molecule has 0 saturated heterocycles. The van der Waals surface area contributed by atoms with E-state index in [1.54, 1.807) is 0 Å². The lowest BCUT2D eigenvalue weighted by atomic mass is 10.2. The predicted molar refractivity (Wildman–Crippen MR) is 49.9 cm³/mol. The first-order valence-electron chi connectivity index (χ1n) is 3.63. The van der Waals surface area contributed by atoms with Gasteiger partial charge in [-0.3, -0.25) is 0 Å². The molecular weight excluding hydrogens is 142 g/mol. The minimum atomic E-state index is 0.434. The van der Waals surface area contributed by atoms with Gasteiger partial charge in [0.25, 0.3) is 0 Å². The monoisotopic (exact) mass is 157 g/mol. The lowest BCUT2D eigenvalue weighted by Gasteiger charge is -2.19. The molecule has 1 unspecified atom stereocenters. The molecule has 1 nitrogen and oxygen atoms in total. The molecule has 2 heteroatoms. The highest BCUT2D eigenvalue weighted by Crippen LogP contribution is 2.08. The topological polar surface area (TPSA) is 3.24 Å². The molecule has 1 aliphatic rings. The van der Waals surface area contributed by atoms with Crippen LogP contribution in [0.2, 0.25) is 0 Å². The van der Waals surface area contributed by atoms with Crippen molar-refractivity contribution in [1.82, 2.24) is 4.31 Å². The Kier molecular flexibility index (Phi) is 5.22. The number of allylic oxidation sites excluding steroid dienone is 2. The van der Waals surface area contributed by atoms with Crippen LogP contribution in [0, 0.1) is 0 Å². The van der Waals surface area contributed by atoms with Crippen LogP contribution in [0.4, 0.5) is 0 Å². The molecule has 0 fully saturated rings. The Morgan fingerprint density at radius 2 is 1.90 bits per heavy atom. The normalized spacial score (nSPS) is 22.0. The van der Waals surface area contributed by atoms with Crippen LogP contribution in [0.25, 0.3) is 0 Å². The van der Waals surface area contributed by atoms with E-state index in [-0.39, 0.29) is 0 Å². The van der Waals surface area contributed by atoms with E-state index in [1.165, 1.54) is 0 Å². The molecule has 0 aromatic rings. The summed E-state index contributed by atoms with van der Waals surface area (Å²) in [5.41, 5.74) is 0. The number of hydrogen-bond donors (Lipinski definition) is 1. The van der Waals surface area contributed by atoms with Crippen LogP contribution in [0.5, 0.6) is 0 Å². The number of nitrogens with zero attached hydrogens (tertiary/aromatic N) is 1. The molecule has 0 aliphatic carbocycles. The summed E-state index contributed by atoms with van der Waals surface area (Å²) in [6.07, 6.45) is 8.02. The molecule has 0 aromatic carbocycles. The zero-order valence-electron chi connectivity index (χ0n) is 6.78. The van der Waals surface area contributed by atoms with Crippen LogP contribution in [0.1, 0.15) is 20.8 Å². The van der Waals surface area contributed by atoms with E-state index in [0.29, 0.717) is 6.04 Å². The quantitative estimate of drug-likeness (QED) is 0.529. The summed E-state index contributed by atoms with van der Waals surface area (Å²) in [7, 11) is 0. The average Bonchev–Trinajstić information content (AvgIpc) is 2.00. The molecular formula is C8H15NS. The van der Waals surface area contributed by atoms with Gasteiger partial charge in [0.05, 0.1) is 6.04 Å². The Morgan fingerprint density at radius 1 is 1.30 bits per heavy atom. The van der Waals surface area contributed by atoms with Crippen molar-refractivity contribution in [3.63, 3.8) is 0 Å². The Balaban J connectivity index is 0.000000371. The minimum absolute atomic E-state index is 0.434. The first-order valence-corrected chi connectivity index (χ1v) is 4.03. The molecule has 58 valence electrons. The van der Waals surface area contributed by atoms with Crippen LogP contribution < -0.4 is 0 Å². The Bertz CT molecular complexity index is 113. The van der Waals surface area contributed by atoms with E-state index in [1.807, 2.05) is 36.5 Å². The first kappa shape index (κ1) is 9.63. The van der Waals surface area contributed by atoms with E-state index >= 15 is 0 Å². The zero-order chi connectivity index (χ0) is 7.98. The van der Waals surface area contributed by atoms with E-state index in [2.05, 4.69) is 25.8 Å². The van der Waals surface area contributed by atoms with Gasteiger partial charge in [-0.05, 0) is 13.0 Å². The smallest absolute Gasteiger partial charge is 0.0552 e. The van der Waals surface area contributed by atoms with E-state index in [0.717, 1.165) is 0 Å². The Morgan fingerprint density at radius 3 is 2.20 bits per heavy atom. The summed E-state index contributed by atoms with van der Waals surface area (Å²) in [6.45, 7) is 6.09. The third-order valence-corrected chi connectivity index (χ3v) is 1.65. The van der Waals surface area contributed by atoms with Gasteiger partial charge in [0, 0.05) is 6.20 Å². The van der Waals surface area contributed by atoms with Crippen molar-refractivity contribution in [1.29, 1.82) is 0 Å². The van der Waals surface area contributed by atoms with Crippen LogP contribution in [0.15, 0.2) is 24.4 Å². The second-order valence-corrected chi connectivity index (χ2v) is 2.31. The van der Waals surface area contributed by atoms with Gasteiger partial charge in [-0.1, -0.05) is 38.8 Å². The SMILES string of the molecule is CC.CC1C=CC=CN1S. The number of thiol groups is 1. The fourth-order valence-corrected chi connectivity index (χ4v) is 0.741. The molecule has 1 aliphatic heterocycles. The summed E-state index contributed by atoms with van der Waals surface area (Å²) in [5, 5.41) is 0. The second-order valence-electron chi connectivity index (χ2n) is 1.85. The van der Waals surface area contributed by atoms with E-state index < -0.39 is 0 Å². The number of rotatable bonds is 0. The minimum Gasteiger partial charge on any atom is -0.319 e. The van der Waals surface area contributed by atoms with Gasteiger partial charge < -0.3 is 4.31 Å². The van der Waals surface area contributed by atoms with Gasteiger partial charge in [-0.25, -0.2) is 0 Å². The zero-order valence-corrected chi connectivity index (χ0v) is 7.68. The highest BCUT2D eigenvalue weighted by Gasteiger charge is 2.01. The molecule has 0 spiro atoms. The maximum absolute atomic E-state index is 4.15. The van der Waals surface area contributed by atoms with Crippen molar-refractivity contribution >= 4 is 12.8 Å². The van der Waals surface area contributed by atoms with Crippen molar-refractivity contribution in [3.05, 3.63) is 24.4 Å². The van der Waals surface area contributed by atoms with Gasteiger partial charge >= 0.3 is 0 Å². The molecule has 0 radical (unpaired) electrons. The molecule has 0 saturated carbocycles. The maximum atomic E-state index is 4.15. The molecule has 10 heavy (non-hydrogen) atoms. The molecule has 1 heterocycles. The van der Waals surface area contributed by atoms with Crippen molar-refractivity contribution in [2.24, 2.45) is 0 Å². The van der Waals surface area contributed by atoms with Crippen molar-refractivity contribution in [2.45, 2.75) is 26.8 Å². The highest BCUT2D eigenvalue weighted by atomic mass is 32.1. The first-order chi connectivity index (χ1) is 4.80. The average molecular weight is 157 g/mol. The third-order valence-electron chi connectivity index (χ3n) is 1.16. The molecule has 0 amide bonds. The standard InChI is InChI=1S/C6H9NS.C2H6/c1-6-4-2-3-5-7(6)8;1-2/h2-6,8H,1H3;1-2H3. The molecule has 0 aromatic heterocycles. The summed E-state index contributed by atoms with van der Waals surface area (Å²) >= 11 is 4.15. The molecule has 1 rings (SSSR count). The van der Waals surface area contributed by atoms with Crippen molar-refractivity contribution in [3.8, 4) is 0 Å². The van der Waals surface area contributed by atoms with Crippen LogP contribution in [0.3, 0.4) is 0 Å². The Hall–Kier alpha value is -0.370. The maximum Gasteiger partial charge on any atom is 0.0552 e. The highest BCUT2D eigenvalue weighted by molar-refractivity contribution is 7.77. The molecule has 0 bridgehead atoms. The van der Waals surface area contributed by atoms with Crippen LogP contribution in [-0.2, 0) is 0 Å². The third kappa shape index (κ3) is 2.97. The predicted octanol–water partition coefficient (Wildman–Crippen LogP) is 2.63. The van der Waals surface area contributed by atoms with E-state index in [4.69, 9.17) is 0 Å². The van der Waals surface area contributed by atoms with Gasteiger partial charge in [0.1, 0.15) is 0 Å². The Labute approximate surface area is 69.0 Å².